The van der Waals surface area contributed by atoms with Crippen LogP contribution < -0.4 is 25.4 Å². The molecule has 0 aromatic heterocycles. The van der Waals surface area contributed by atoms with Crippen molar-refractivity contribution in [1.29, 1.82) is 0 Å². The normalized spacial score (nSPS) is 16.0. The molecule has 0 bridgehead atoms. The first-order valence-corrected chi connectivity index (χ1v) is 15.7. The van der Waals surface area contributed by atoms with E-state index in [1.807, 2.05) is 30.3 Å². The van der Waals surface area contributed by atoms with E-state index in [0.29, 0.717) is 38.6 Å². The zero-order valence-electron chi connectivity index (χ0n) is 26.7. The smallest absolute Gasteiger partial charge is 0.224 e. The van der Waals surface area contributed by atoms with Gasteiger partial charge in [0.2, 0.25) is 5.91 Å². The number of β-amino-alcohol motifs (C(OH)–C–C–N with tert-alkyl or cyclic N) is 1. The van der Waals surface area contributed by atoms with Crippen molar-refractivity contribution in [3.63, 3.8) is 0 Å². The number of nitrogens with one attached hydrogen (secondary N) is 3. The van der Waals surface area contributed by atoms with Crippen LogP contribution in [-0.2, 0) is 22.4 Å². The molecule has 5 N–H and O–H groups in total. The molecule has 0 radical (unpaired) electrons. The highest BCUT2D eigenvalue weighted by molar-refractivity contribution is 5.94. The summed E-state index contributed by atoms with van der Waals surface area (Å²) >= 11 is 0. The molecular formula is C34H53N3O6. The third kappa shape index (κ3) is 14.6. The number of anilines is 1. The van der Waals surface area contributed by atoms with Crippen LogP contribution in [0, 0.1) is 5.92 Å². The molecule has 4 rings (SSSR count). The summed E-state index contributed by atoms with van der Waals surface area (Å²) in [5.74, 6) is 2.40. The quantitative estimate of drug-likeness (QED) is 0.183. The van der Waals surface area contributed by atoms with E-state index in [2.05, 4.69) is 62.7 Å². The number of aliphatic hydroxyl groups is 2. The van der Waals surface area contributed by atoms with Gasteiger partial charge in [0, 0.05) is 48.9 Å². The van der Waals surface area contributed by atoms with Gasteiger partial charge in [-0.15, -0.1) is 0 Å². The number of rotatable bonds is 16. The zero-order valence-corrected chi connectivity index (χ0v) is 26.7. The van der Waals surface area contributed by atoms with E-state index in [0.717, 1.165) is 48.3 Å². The Morgan fingerprint density at radius 3 is 2.33 bits per heavy atom. The highest BCUT2D eigenvalue weighted by Crippen LogP contribution is 2.31. The van der Waals surface area contributed by atoms with Gasteiger partial charge in [-0.25, -0.2) is 0 Å². The molecule has 9 nitrogen and oxygen atoms in total. The van der Waals surface area contributed by atoms with Gasteiger partial charge in [0.25, 0.3) is 0 Å². The average molecular weight is 600 g/mol. The highest BCUT2D eigenvalue weighted by atomic mass is 16.5. The van der Waals surface area contributed by atoms with E-state index in [1.54, 1.807) is 0 Å². The van der Waals surface area contributed by atoms with Crippen molar-refractivity contribution in [2.75, 3.05) is 44.8 Å². The standard InChI is InChI=1S/C18H29NO3.C16H24N2O3/c1-14(2)19-11-17(20)13-22-18-7-5-15(6-8-18)9-10-21-12-16-3-4-16;1-16(2,3)17-9-11(19)10-21-14-6-4-5-13-12(14)7-8-15(20)18-13/h5-8,14,16-17,19-20H,3-4,9-13H2,1-2H3;4-6,11,17,19H,7-10H2,1-3H3,(H,18,20)/t17-;/m0./s1. The molecule has 2 atom stereocenters. The lowest BCUT2D eigenvalue weighted by atomic mass is 10.0. The van der Waals surface area contributed by atoms with Crippen molar-refractivity contribution in [2.45, 2.75) is 90.5 Å². The number of fused-ring (bicyclic) bond motifs is 1. The molecule has 1 heterocycles. The van der Waals surface area contributed by atoms with Crippen molar-refractivity contribution in [2.24, 2.45) is 5.92 Å². The van der Waals surface area contributed by atoms with Crippen LogP contribution >= 0.6 is 0 Å². The van der Waals surface area contributed by atoms with Gasteiger partial charge in [-0.05, 0) is 82.2 Å². The lowest BCUT2D eigenvalue weighted by Gasteiger charge is -2.24. The minimum atomic E-state index is -0.571. The zero-order chi connectivity index (χ0) is 31.2. The molecule has 240 valence electrons. The lowest BCUT2D eigenvalue weighted by molar-refractivity contribution is -0.116. The van der Waals surface area contributed by atoms with Gasteiger partial charge in [-0.1, -0.05) is 32.0 Å². The Hall–Kier alpha value is -2.69. The number of ether oxygens (including phenoxy) is 3. The SMILES string of the molecule is CC(C)(C)NCC(O)COc1cccc2c1CCC(=O)N2.CC(C)NC[C@H](O)COc1ccc(CCOCC2CC2)cc1. The predicted molar refractivity (Wildman–Crippen MR) is 171 cm³/mol. The Bertz CT molecular complexity index is 1100. The second kappa shape index (κ2) is 17.6. The molecule has 1 amide bonds. The Balaban J connectivity index is 0.000000236. The van der Waals surface area contributed by atoms with Gasteiger partial charge in [0.05, 0.1) is 6.61 Å². The summed E-state index contributed by atoms with van der Waals surface area (Å²) in [6.45, 7) is 13.5. The van der Waals surface area contributed by atoms with E-state index in [4.69, 9.17) is 14.2 Å². The molecule has 9 heteroatoms. The van der Waals surface area contributed by atoms with E-state index in [9.17, 15) is 15.0 Å². The molecule has 2 aliphatic rings. The van der Waals surface area contributed by atoms with Gasteiger partial charge in [-0.2, -0.15) is 0 Å². The highest BCUT2D eigenvalue weighted by Gasteiger charge is 2.21. The number of benzene rings is 2. The van der Waals surface area contributed by atoms with Gasteiger partial charge in [0.1, 0.15) is 36.9 Å². The largest absolute Gasteiger partial charge is 0.491 e. The van der Waals surface area contributed by atoms with Crippen molar-refractivity contribution in [1.82, 2.24) is 10.6 Å². The van der Waals surface area contributed by atoms with Crippen LogP contribution in [0.1, 0.15) is 65.0 Å². The third-order valence-corrected chi connectivity index (χ3v) is 7.02. The first kappa shape index (κ1) is 34.8. The van der Waals surface area contributed by atoms with Crippen LogP contribution in [0.15, 0.2) is 42.5 Å². The fraction of sp³-hybridized carbons (Fsp3) is 0.618. The predicted octanol–water partition coefficient (Wildman–Crippen LogP) is 4.09. The summed E-state index contributed by atoms with van der Waals surface area (Å²) in [4.78, 5) is 11.4. The summed E-state index contributed by atoms with van der Waals surface area (Å²) < 4.78 is 17.0. The molecule has 1 aliphatic carbocycles. The molecule has 1 saturated carbocycles. The van der Waals surface area contributed by atoms with Crippen molar-refractivity contribution in [3.8, 4) is 11.5 Å². The van der Waals surface area contributed by atoms with Crippen LogP contribution in [0.2, 0.25) is 0 Å². The van der Waals surface area contributed by atoms with Crippen molar-refractivity contribution >= 4 is 11.6 Å². The topological polar surface area (TPSA) is 121 Å². The van der Waals surface area contributed by atoms with Crippen LogP contribution in [-0.4, -0.2) is 79.4 Å². The minimum Gasteiger partial charge on any atom is -0.491 e. The van der Waals surface area contributed by atoms with Gasteiger partial charge in [-0.3, -0.25) is 4.79 Å². The fourth-order valence-electron chi connectivity index (χ4n) is 4.30. The van der Waals surface area contributed by atoms with E-state index >= 15 is 0 Å². The van der Waals surface area contributed by atoms with Crippen LogP contribution in [0.4, 0.5) is 5.69 Å². The third-order valence-electron chi connectivity index (χ3n) is 7.02. The summed E-state index contributed by atoms with van der Waals surface area (Å²) in [7, 11) is 0. The number of hydrogen-bond acceptors (Lipinski definition) is 8. The number of amides is 1. The molecule has 0 saturated heterocycles. The Labute approximate surface area is 257 Å². The maximum absolute atomic E-state index is 11.4. The first-order valence-electron chi connectivity index (χ1n) is 15.7. The lowest BCUT2D eigenvalue weighted by Crippen LogP contribution is -2.42. The second-order valence-corrected chi connectivity index (χ2v) is 12.9. The Kier molecular flexibility index (Phi) is 14.2. The summed E-state index contributed by atoms with van der Waals surface area (Å²) in [6.07, 6.45) is 3.70. The summed E-state index contributed by atoms with van der Waals surface area (Å²) in [5, 5.41) is 29.0. The molecule has 43 heavy (non-hydrogen) atoms. The Morgan fingerprint density at radius 2 is 1.65 bits per heavy atom. The maximum Gasteiger partial charge on any atom is 0.224 e. The van der Waals surface area contributed by atoms with Crippen LogP contribution in [0.3, 0.4) is 0 Å². The molecule has 1 fully saturated rings. The van der Waals surface area contributed by atoms with E-state index in [1.165, 1.54) is 18.4 Å². The van der Waals surface area contributed by atoms with Gasteiger partial charge >= 0.3 is 0 Å². The fourth-order valence-corrected chi connectivity index (χ4v) is 4.30. The monoisotopic (exact) mass is 599 g/mol. The van der Waals surface area contributed by atoms with Gasteiger partial charge < -0.3 is 40.4 Å². The van der Waals surface area contributed by atoms with Gasteiger partial charge in [0.15, 0.2) is 0 Å². The molecule has 1 aliphatic heterocycles. The molecule has 1 unspecified atom stereocenters. The maximum atomic E-state index is 11.4. The summed E-state index contributed by atoms with van der Waals surface area (Å²) in [6, 6.07) is 14.0. The molecule has 2 aromatic carbocycles. The van der Waals surface area contributed by atoms with E-state index in [-0.39, 0.29) is 18.1 Å². The van der Waals surface area contributed by atoms with Crippen molar-refractivity contribution < 1.29 is 29.2 Å². The van der Waals surface area contributed by atoms with Crippen molar-refractivity contribution in [3.05, 3.63) is 53.6 Å². The van der Waals surface area contributed by atoms with Crippen LogP contribution in [0.25, 0.3) is 0 Å². The second-order valence-electron chi connectivity index (χ2n) is 12.9. The Morgan fingerprint density at radius 1 is 0.953 bits per heavy atom. The number of carbonyl (C=O) groups excluding carboxylic acids is 1. The minimum absolute atomic E-state index is 0.0306. The first-order chi connectivity index (χ1) is 20.5. The van der Waals surface area contributed by atoms with E-state index < -0.39 is 12.2 Å². The molecule has 0 spiro atoms. The molecule has 2 aromatic rings. The number of aliphatic hydroxyl groups excluding tert-OH is 2. The molecular weight excluding hydrogens is 546 g/mol. The number of hydrogen-bond donors (Lipinski definition) is 5. The van der Waals surface area contributed by atoms with Crippen LogP contribution in [0.5, 0.6) is 11.5 Å². The average Bonchev–Trinajstić information content (AvgIpc) is 3.80. The summed E-state index contributed by atoms with van der Waals surface area (Å²) in [5.41, 5.74) is 3.04. The number of carbonyl (C=O) groups is 1.